The summed E-state index contributed by atoms with van der Waals surface area (Å²) in [5.74, 6) is 2.56. The Morgan fingerprint density at radius 3 is 2.60 bits per heavy atom. The minimum atomic E-state index is -0.548. The maximum absolute atomic E-state index is 11.7. The normalized spacial score (nSPS) is 42.6. The summed E-state index contributed by atoms with van der Waals surface area (Å²) in [5, 5.41) is 9.65. The summed E-state index contributed by atoms with van der Waals surface area (Å²) >= 11 is 0. The first-order valence-corrected chi connectivity index (χ1v) is 10.6. The number of carbonyl (C=O) groups is 1. The van der Waals surface area contributed by atoms with E-state index in [1.54, 1.807) is 16.7 Å². The van der Waals surface area contributed by atoms with E-state index in [4.69, 9.17) is 0 Å². The number of carboxylic acid groups (broad SMARTS) is 1. The molecule has 3 fully saturated rings. The van der Waals surface area contributed by atoms with Gasteiger partial charge in [-0.15, -0.1) is 0 Å². The van der Waals surface area contributed by atoms with Crippen molar-refractivity contribution in [2.45, 2.75) is 64.2 Å². The van der Waals surface area contributed by atoms with E-state index in [1.165, 1.54) is 44.9 Å². The average Bonchev–Trinajstić information content (AvgIpc) is 2.66. The number of aliphatic carboxylic acids is 1. The quantitative estimate of drug-likeness (QED) is 0.684. The molecule has 2 heteroatoms. The highest BCUT2D eigenvalue weighted by molar-refractivity contribution is 5.70. The molecule has 0 heterocycles. The molecule has 0 aromatic rings. The Balaban J connectivity index is 1.49. The van der Waals surface area contributed by atoms with Gasteiger partial charge in [0.25, 0.3) is 0 Å². The van der Waals surface area contributed by atoms with Crippen LogP contribution in [-0.4, -0.2) is 11.1 Å². The van der Waals surface area contributed by atoms with Gasteiger partial charge in [-0.3, -0.25) is 4.79 Å². The minimum Gasteiger partial charge on any atom is -0.481 e. The topological polar surface area (TPSA) is 37.3 Å². The lowest BCUT2D eigenvalue weighted by molar-refractivity contribution is -0.146. The zero-order valence-electron chi connectivity index (χ0n) is 15.1. The summed E-state index contributed by atoms with van der Waals surface area (Å²) in [5.41, 5.74) is 4.98. The summed E-state index contributed by atoms with van der Waals surface area (Å²) in [6, 6.07) is 0. The third-order valence-corrected chi connectivity index (χ3v) is 8.11. The van der Waals surface area contributed by atoms with Crippen LogP contribution < -0.4 is 0 Å². The van der Waals surface area contributed by atoms with E-state index in [0.717, 1.165) is 31.1 Å². The van der Waals surface area contributed by atoms with Gasteiger partial charge >= 0.3 is 5.97 Å². The van der Waals surface area contributed by atoms with Crippen LogP contribution in [0, 0.1) is 35.5 Å². The van der Waals surface area contributed by atoms with Gasteiger partial charge in [0.15, 0.2) is 0 Å². The first-order valence-electron chi connectivity index (χ1n) is 10.6. The van der Waals surface area contributed by atoms with Crippen molar-refractivity contribution in [3.8, 4) is 0 Å². The van der Waals surface area contributed by atoms with Crippen LogP contribution in [0.3, 0.4) is 0 Å². The van der Waals surface area contributed by atoms with Crippen molar-refractivity contribution in [1.82, 2.24) is 0 Å². The highest BCUT2D eigenvalue weighted by Gasteiger charge is 2.47. The molecule has 1 N–H and O–H groups in total. The van der Waals surface area contributed by atoms with Crippen molar-refractivity contribution in [2.75, 3.05) is 0 Å². The molecule has 134 valence electrons. The van der Waals surface area contributed by atoms with E-state index in [1.807, 2.05) is 0 Å². The van der Waals surface area contributed by atoms with Crippen molar-refractivity contribution in [2.24, 2.45) is 35.5 Å². The molecule has 0 spiro atoms. The number of allylic oxidation sites excluding steroid dienone is 6. The van der Waals surface area contributed by atoms with Gasteiger partial charge in [-0.2, -0.15) is 0 Å². The van der Waals surface area contributed by atoms with E-state index in [-0.39, 0.29) is 5.92 Å². The number of carboxylic acids is 1. The molecule has 0 aliphatic heterocycles. The molecule has 0 saturated heterocycles. The molecular weight excluding hydrogens is 308 g/mol. The van der Waals surface area contributed by atoms with Crippen molar-refractivity contribution in [1.29, 1.82) is 0 Å². The van der Waals surface area contributed by atoms with E-state index in [2.05, 4.69) is 18.2 Å². The molecule has 5 aliphatic carbocycles. The lowest BCUT2D eigenvalue weighted by atomic mass is 9.54. The zero-order chi connectivity index (χ0) is 17.0. The average molecular weight is 338 g/mol. The standard InChI is InChI=1S/C23H30O2/c24-23(25)22-7-3-6-16-19-11-10-17-15-5-2-1-4-14(15)8-9-18(17)20(19)12-13-21(16)22/h5,10-11,14,16,18,20-22H,1-4,6-9,12-13H2,(H,24,25). The summed E-state index contributed by atoms with van der Waals surface area (Å²) in [6.45, 7) is 0. The van der Waals surface area contributed by atoms with Crippen LogP contribution in [0.5, 0.6) is 0 Å². The molecule has 0 amide bonds. The SMILES string of the molecule is O=C(O)C1CCCC2C3=CC=C4C5=CCCCC5CCC4C3CCC12. The Morgan fingerprint density at radius 2 is 1.72 bits per heavy atom. The van der Waals surface area contributed by atoms with Gasteiger partial charge in [-0.1, -0.05) is 30.2 Å². The number of hydrogen-bond donors (Lipinski definition) is 1. The van der Waals surface area contributed by atoms with Crippen molar-refractivity contribution < 1.29 is 9.90 Å². The Bertz CT molecular complexity index is 668. The molecule has 5 rings (SSSR count). The predicted molar refractivity (Wildman–Crippen MR) is 99.0 cm³/mol. The lowest BCUT2D eigenvalue weighted by Crippen LogP contribution is -2.42. The van der Waals surface area contributed by atoms with E-state index >= 15 is 0 Å². The molecule has 25 heavy (non-hydrogen) atoms. The Labute approximate surface area is 151 Å². The smallest absolute Gasteiger partial charge is 0.306 e. The maximum atomic E-state index is 11.7. The number of fused-ring (bicyclic) bond motifs is 7. The van der Waals surface area contributed by atoms with Gasteiger partial charge in [-0.25, -0.2) is 0 Å². The van der Waals surface area contributed by atoms with Gasteiger partial charge in [0.1, 0.15) is 0 Å². The summed E-state index contributed by atoms with van der Waals surface area (Å²) in [7, 11) is 0. The van der Waals surface area contributed by atoms with Crippen LogP contribution in [0.25, 0.3) is 0 Å². The zero-order valence-corrected chi connectivity index (χ0v) is 15.1. The second-order valence-electron chi connectivity index (χ2n) is 9.09. The summed E-state index contributed by atoms with van der Waals surface area (Å²) in [4.78, 5) is 11.7. The molecule has 6 unspecified atom stereocenters. The molecule has 2 nitrogen and oxygen atoms in total. The van der Waals surface area contributed by atoms with Crippen LogP contribution in [0.15, 0.2) is 34.9 Å². The third-order valence-electron chi connectivity index (χ3n) is 8.11. The first kappa shape index (κ1) is 15.9. The van der Waals surface area contributed by atoms with Gasteiger partial charge < -0.3 is 5.11 Å². The fourth-order valence-electron chi connectivity index (χ4n) is 7.05. The van der Waals surface area contributed by atoms with Crippen LogP contribution in [0.2, 0.25) is 0 Å². The fraction of sp³-hybridized carbons (Fsp3) is 0.696. The van der Waals surface area contributed by atoms with Crippen molar-refractivity contribution in [3.05, 3.63) is 34.9 Å². The first-order chi connectivity index (χ1) is 12.2. The van der Waals surface area contributed by atoms with Crippen LogP contribution >= 0.6 is 0 Å². The highest BCUT2D eigenvalue weighted by atomic mass is 16.4. The van der Waals surface area contributed by atoms with Gasteiger partial charge in [0.05, 0.1) is 5.92 Å². The Kier molecular flexibility index (Phi) is 3.91. The monoisotopic (exact) mass is 338 g/mol. The van der Waals surface area contributed by atoms with Crippen LogP contribution in [0.4, 0.5) is 0 Å². The van der Waals surface area contributed by atoms with Crippen LogP contribution in [0.1, 0.15) is 64.2 Å². The van der Waals surface area contributed by atoms with Gasteiger partial charge in [0.2, 0.25) is 0 Å². The fourth-order valence-corrected chi connectivity index (χ4v) is 7.05. The summed E-state index contributed by atoms with van der Waals surface area (Å²) in [6.07, 6.45) is 19.8. The van der Waals surface area contributed by atoms with E-state index in [0.29, 0.717) is 17.8 Å². The summed E-state index contributed by atoms with van der Waals surface area (Å²) < 4.78 is 0. The van der Waals surface area contributed by atoms with Gasteiger partial charge in [-0.05, 0) is 98.5 Å². The molecular formula is C23H30O2. The van der Waals surface area contributed by atoms with E-state index in [9.17, 15) is 9.90 Å². The van der Waals surface area contributed by atoms with Crippen molar-refractivity contribution in [3.63, 3.8) is 0 Å². The Morgan fingerprint density at radius 1 is 0.840 bits per heavy atom. The second-order valence-corrected chi connectivity index (χ2v) is 9.09. The predicted octanol–water partition coefficient (Wildman–Crippen LogP) is 5.52. The molecule has 3 saturated carbocycles. The molecule has 6 atom stereocenters. The number of hydrogen-bond acceptors (Lipinski definition) is 1. The lowest BCUT2D eigenvalue weighted by Gasteiger charge is -2.50. The second kappa shape index (κ2) is 6.14. The third kappa shape index (κ3) is 2.47. The number of rotatable bonds is 1. The molecule has 0 radical (unpaired) electrons. The van der Waals surface area contributed by atoms with Crippen LogP contribution in [-0.2, 0) is 4.79 Å². The molecule has 5 aliphatic rings. The van der Waals surface area contributed by atoms with E-state index < -0.39 is 5.97 Å². The highest BCUT2D eigenvalue weighted by Crippen LogP contribution is 2.56. The minimum absolute atomic E-state index is 0.0947. The molecule has 0 aromatic heterocycles. The largest absolute Gasteiger partial charge is 0.481 e. The molecule has 0 aromatic carbocycles. The van der Waals surface area contributed by atoms with Gasteiger partial charge in [0, 0.05) is 0 Å². The maximum Gasteiger partial charge on any atom is 0.306 e. The Hall–Kier alpha value is -1.31. The van der Waals surface area contributed by atoms with Crippen molar-refractivity contribution >= 4 is 5.97 Å². The molecule has 0 bridgehead atoms.